The average Bonchev–Trinajstić information content (AvgIpc) is 2.98. The second-order valence-corrected chi connectivity index (χ2v) is 7.93. The van der Waals surface area contributed by atoms with Gasteiger partial charge in [-0.25, -0.2) is 18.1 Å². The van der Waals surface area contributed by atoms with Crippen LogP contribution in [-0.4, -0.2) is 13.4 Å². The molecule has 0 bridgehead atoms. The highest BCUT2D eigenvalue weighted by atomic mass is 32.2. The van der Waals surface area contributed by atoms with Crippen LogP contribution in [0.3, 0.4) is 0 Å². The van der Waals surface area contributed by atoms with E-state index in [-0.39, 0.29) is 11.6 Å². The highest BCUT2D eigenvalue weighted by Crippen LogP contribution is 2.32. The Kier molecular flexibility index (Phi) is 4.56. The first-order valence-electron chi connectivity index (χ1n) is 7.13. The molecular formula is C17H16N2O2S2. The van der Waals surface area contributed by atoms with E-state index in [0.29, 0.717) is 4.88 Å². The van der Waals surface area contributed by atoms with Crippen molar-refractivity contribution in [1.29, 1.82) is 0 Å². The van der Waals surface area contributed by atoms with Crippen LogP contribution in [0, 0.1) is 6.92 Å². The fourth-order valence-electron chi connectivity index (χ4n) is 2.20. The zero-order valence-electron chi connectivity index (χ0n) is 12.6. The number of benzene rings is 2. The van der Waals surface area contributed by atoms with E-state index in [1.807, 2.05) is 67.6 Å². The molecule has 0 fully saturated rings. The zero-order chi connectivity index (χ0) is 16.3. The van der Waals surface area contributed by atoms with Crippen molar-refractivity contribution in [2.75, 3.05) is 0 Å². The van der Waals surface area contributed by atoms with Gasteiger partial charge in [0.25, 0.3) is 10.0 Å². The van der Waals surface area contributed by atoms with Gasteiger partial charge in [0.15, 0.2) is 5.03 Å². The van der Waals surface area contributed by atoms with Crippen molar-refractivity contribution in [2.45, 2.75) is 18.5 Å². The first kappa shape index (κ1) is 15.9. The topological polar surface area (TPSA) is 59.1 Å². The van der Waals surface area contributed by atoms with Gasteiger partial charge < -0.3 is 0 Å². The van der Waals surface area contributed by atoms with Gasteiger partial charge in [0.05, 0.1) is 9.88 Å². The molecule has 3 aromatic rings. The van der Waals surface area contributed by atoms with Gasteiger partial charge in [-0.05, 0) is 18.1 Å². The second kappa shape index (κ2) is 6.62. The molecule has 118 valence electrons. The molecule has 0 unspecified atom stereocenters. The lowest BCUT2D eigenvalue weighted by atomic mass is 10.2. The lowest BCUT2D eigenvalue weighted by Gasteiger charge is -2.07. The Hall–Kier alpha value is -2.02. The maximum atomic E-state index is 12.6. The summed E-state index contributed by atoms with van der Waals surface area (Å²) in [7, 11) is -3.67. The fraction of sp³-hybridized carbons (Fsp3) is 0.118. The number of aromatic nitrogens is 1. The van der Waals surface area contributed by atoms with Gasteiger partial charge in [-0.15, -0.1) is 11.3 Å². The Morgan fingerprint density at radius 2 is 1.61 bits per heavy atom. The van der Waals surface area contributed by atoms with Crippen molar-refractivity contribution in [2.24, 2.45) is 0 Å². The van der Waals surface area contributed by atoms with E-state index in [9.17, 15) is 8.42 Å². The molecule has 0 saturated carbocycles. The second-order valence-electron chi connectivity index (χ2n) is 5.04. The molecule has 1 aromatic heterocycles. The van der Waals surface area contributed by atoms with Crippen molar-refractivity contribution in [3.05, 3.63) is 71.2 Å². The molecule has 0 amide bonds. The third-order valence-electron chi connectivity index (χ3n) is 3.30. The van der Waals surface area contributed by atoms with Crippen LogP contribution in [0.2, 0.25) is 0 Å². The molecule has 0 aliphatic rings. The number of sulfonamides is 1. The average molecular weight is 344 g/mol. The van der Waals surface area contributed by atoms with E-state index < -0.39 is 10.0 Å². The van der Waals surface area contributed by atoms with Crippen LogP contribution in [-0.2, 0) is 16.6 Å². The van der Waals surface area contributed by atoms with Crippen LogP contribution in [0.5, 0.6) is 0 Å². The van der Waals surface area contributed by atoms with Crippen LogP contribution in [0.25, 0.3) is 10.4 Å². The third-order valence-corrected chi connectivity index (χ3v) is 5.78. The molecule has 0 atom stereocenters. The molecule has 23 heavy (non-hydrogen) atoms. The summed E-state index contributed by atoms with van der Waals surface area (Å²) in [6, 6.07) is 18.9. The van der Waals surface area contributed by atoms with Crippen molar-refractivity contribution in [3.63, 3.8) is 0 Å². The molecule has 1 heterocycles. The van der Waals surface area contributed by atoms with Crippen LogP contribution < -0.4 is 4.72 Å². The van der Waals surface area contributed by atoms with E-state index in [1.165, 1.54) is 11.3 Å². The third kappa shape index (κ3) is 3.67. The summed E-state index contributed by atoms with van der Waals surface area (Å²) in [6.45, 7) is 2.06. The van der Waals surface area contributed by atoms with E-state index in [0.717, 1.165) is 16.1 Å². The van der Waals surface area contributed by atoms with E-state index in [2.05, 4.69) is 9.71 Å². The molecule has 3 rings (SSSR count). The Balaban J connectivity index is 1.91. The monoisotopic (exact) mass is 344 g/mol. The SMILES string of the molecule is Cc1nc(S(=O)(=O)NCc2ccccc2)c(-c2ccccc2)s1. The smallest absolute Gasteiger partial charge is 0.228 e. The summed E-state index contributed by atoms with van der Waals surface area (Å²) in [5.41, 5.74) is 1.77. The summed E-state index contributed by atoms with van der Waals surface area (Å²) < 4.78 is 27.9. The number of rotatable bonds is 5. The van der Waals surface area contributed by atoms with Crippen molar-refractivity contribution >= 4 is 21.4 Å². The number of aryl methyl sites for hydroxylation is 1. The van der Waals surface area contributed by atoms with Gasteiger partial charge in [-0.3, -0.25) is 0 Å². The maximum Gasteiger partial charge on any atom is 0.259 e. The molecule has 0 spiro atoms. The predicted octanol–water partition coefficient (Wildman–Crippen LogP) is 3.60. The highest BCUT2D eigenvalue weighted by molar-refractivity contribution is 7.89. The van der Waals surface area contributed by atoms with Gasteiger partial charge in [0.1, 0.15) is 0 Å². The van der Waals surface area contributed by atoms with Crippen LogP contribution in [0.15, 0.2) is 65.7 Å². The standard InChI is InChI=1S/C17H16N2O2S2/c1-13-19-17(16(22-13)15-10-6-3-7-11-15)23(20,21)18-12-14-8-4-2-5-9-14/h2-11,18H,12H2,1H3. The van der Waals surface area contributed by atoms with Gasteiger partial charge in [0, 0.05) is 6.54 Å². The van der Waals surface area contributed by atoms with Crippen molar-refractivity contribution in [1.82, 2.24) is 9.71 Å². The number of nitrogens with one attached hydrogen (secondary N) is 1. The molecule has 0 radical (unpaired) electrons. The molecule has 0 aliphatic carbocycles. The minimum Gasteiger partial charge on any atom is -0.228 e. The summed E-state index contributed by atoms with van der Waals surface area (Å²) in [5, 5.41) is 0.825. The molecular weight excluding hydrogens is 328 g/mol. The van der Waals surface area contributed by atoms with Crippen LogP contribution >= 0.6 is 11.3 Å². The van der Waals surface area contributed by atoms with Gasteiger partial charge in [-0.2, -0.15) is 0 Å². The Morgan fingerprint density at radius 3 is 2.26 bits per heavy atom. The van der Waals surface area contributed by atoms with E-state index >= 15 is 0 Å². The lowest BCUT2D eigenvalue weighted by Crippen LogP contribution is -2.24. The quantitative estimate of drug-likeness (QED) is 0.769. The number of hydrogen-bond acceptors (Lipinski definition) is 4. The molecule has 2 aromatic carbocycles. The number of nitrogens with zero attached hydrogens (tertiary/aromatic N) is 1. The molecule has 0 aliphatic heterocycles. The lowest BCUT2D eigenvalue weighted by molar-refractivity contribution is 0.578. The van der Waals surface area contributed by atoms with Gasteiger partial charge in [0.2, 0.25) is 0 Å². The number of thiazole rings is 1. The molecule has 1 N–H and O–H groups in total. The van der Waals surface area contributed by atoms with Gasteiger partial charge in [-0.1, -0.05) is 60.7 Å². The normalized spacial score (nSPS) is 11.5. The molecule has 4 nitrogen and oxygen atoms in total. The van der Waals surface area contributed by atoms with Gasteiger partial charge >= 0.3 is 0 Å². The van der Waals surface area contributed by atoms with Crippen LogP contribution in [0.1, 0.15) is 10.6 Å². The maximum absolute atomic E-state index is 12.6. The van der Waals surface area contributed by atoms with Crippen molar-refractivity contribution < 1.29 is 8.42 Å². The summed E-state index contributed by atoms with van der Waals surface area (Å²) in [6.07, 6.45) is 0. The minimum atomic E-state index is -3.67. The Labute approximate surface area is 139 Å². The summed E-state index contributed by atoms with van der Waals surface area (Å²) in [5.74, 6) is 0. The first-order valence-corrected chi connectivity index (χ1v) is 9.43. The highest BCUT2D eigenvalue weighted by Gasteiger charge is 2.23. The van der Waals surface area contributed by atoms with E-state index in [4.69, 9.17) is 0 Å². The molecule has 6 heteroatoms. The summed E-state index contributed by atoms with van der Waals surface area (Å²) >= 11 is 1.39. The van der Waals surface area contributed by atoms with Crippen molar-refractivity contribution in [3.8, 4) is 10.4 Å². The van der Waals surface area contributed by atoms with Crippen LogP contribution in [0.4, 0.5) is 0 Å². The minimum absolute atomic E-state index is 0.0992. The predicted molar refractivity (Wildman–Crippen MR) is 92.8 cm³/mol. The Morgan fingerprint density at radius 1 is 1.00 bits per heavy atom. The fourth-order valence-corrected chi connectivity index (χ4v) is 4.65. The Bertz CT molecular complexity index is 889. The largest absolute Gasteiger partial charge is 0.259 e. The summed E-state index contributed by atoms with van der Waals surface area (Å²) in [4.78, 5) is 4.91. The number of hydrogen-bond donors (Lipinski definition) is 1. The molecule has 0 saturated heterocycles. The first-order chi connectivity index (χ1) is 11.1. The zero-order valence-corrected chi connectivity index (χ0v) is 14.2. The van der Waals surface area contributed by atoms with E-state index in [1.54, 1.807) is 0 Å².